The van der Waals surface area contributed by atoms with E-state index in [9.17, 15) is 14.0 Å². The van der Waals surface area contributed by atoms with Gasteiger partial charge in [0.05, 0.1) is 24.3 Å². The number of nitrogens with one attached hydrogen (secondary N) is 1. The van der Waals surface area contributed by atoms with Crippen molar-refractivity contribution >= 4 is 17.7 Å². The molecule has 0 bridgehead atoms. The van der Waals surface area contributed by atoms with Crippen molar-refractivity contribution in [3.63, 3.8) is 0 Å². The molecule has 1 heterocycles. The number of carboxylic acid groups (broad SMARTS) is 1. The number of anilines is 1. The Balaban J connectivity index is 2.12. The molecule has 1 aromatic carbocycles. The number of rotatable bonds is 2. The molecule has 21 heavy (non-hydrogen) atoms. The number of halogens is 1. The van der Waals surface area contributed by atoms with E-state index in [0.29, 0.717) is 19.8 Å². The van der Waals surface area contributed by atoms with Crippen molar-refractivity contribution in [1.82, 2.24) is 4.90 Å². The van der Waals surface area contributed by atoms with Gasteiger partial charge in [0.25, 0.3) is 0 Å². The lowest BCUT2D eigenvalue weighted by molar-refractivity contribution is -0.0249. The SMILES string of the molecule is CC1(C)COCCN1C(=O)Nc1ccc(C(=O)O)c(F)c1. The number of benzene rings is 1. The Morgan fingerprint density at radius 2 is 2.14 bits per heavy atom. The summed E-state index contributed by atoms with van der Waals surface area (Å²) >= 11 is 0. The number of nitrogens with zero attached hydrogens (tertiary/aromatic N) is 1. The summed E-state index contributed by atoms with van der Waals surface area (Å²) < 4.78 is 18.9. The van der Waals surface area contributed by atoms with Crippen LogP contribution in [0.4, 0.5) is 14.9 Å². The number of carbonyl (C=O) groups is 2. The number of amides is 2. The van der Waals surface area contributed by atoms with E-state index in [-0.39, 0.29) is 11.7 Å². The van der Waals surface area contributed by atoms with Crippen molar-refractivity contribution in [2.45, 2.75) is 19.4 Å². The molecule has 1 aliphatic rings. The van der Waals surface area contributed by atoms with Gasteiger partial charge >= 0.3 is 12.0 Å². The molecule has 2 amide bonds. The Bertz CT molecular complexity index is 574. The van der Waals surface area contributed by atoms with Gasteiger partial charge in [0.15, 0.2) is 0 Å². The Labute approximate surface area is 121 Å². The standard InChI is InChI=1S/C14H17FN2O4/c1-14(2)8-21-6-5-17(14)13(20)16-9-3-4-10(12(18)19)11(15)7-9/h3-4,7H,5-6,8H2,1-2H3,(H,16,20)(H,18,19). The molecule has 1 aromatic rings. The van der Waals surface area contributed by atoms with Crippen molar-refractivity contribution in [3.8, 4) is 0 Å². The van der Waals surface area contributed by atoms with Gasteiger partial charge in [0.1, 0.15) is 5.82 Å². The van der Waals surface area contributed by atoms with Crippen LogP contribution in [0.25, 0.3) is 0 Å². The average molecular weight is 296 g/mol. The summed E-state index contributed by atoms with van der Waals surface area (Å²) in [6, 6.07) is 3.11. The highest BCUT2D eigenvalue weighted by Gasteiger charge is 2.34. The summed E-state index contributed by atoms with van der Waals surface area (Å²) in [5, 5.41) is 11.3. The van der Waals surface area contributed by atoms with Crippen LogP contribution in [-0.2, 0) is 4.74 Å². The Morgan fingerprint density at radius 3 is 2.71 bits per heavy atom. The van der Waals surface area contributed by atoms with Crippen LogP contribution in [0.15, 0.2) is 18.2 Å². The Morgan fingerprint density at radius 1 is 1.43 bits per heavy atom. The van der Waals surface area contributed by atoms with Crippen molar-refractivity contribution in [2.24, 2.45) is 0 Å². The van der Waals surface area contributed by atoms with Gasteiger partial charge in [-0.25, -0.2) is 14.0 Å². The third-order valence-electron chi connectivity index (χ3n) is 3.34. The number of urea groups is 1. The van der Waals surface area contributed by atoms with Gasteiger partial charge in [-0.3, -0.25) is 0 Å². The molecule has 0 spiro atoms. The Kier molecular flexibility index (Phi) is 4.13. The molecule has 1 saturated heterocycles. The van der Waals surface area contributed by atoms with Crippen LogP contribution in [0.2, 0.25) is 0 Å². The fourth-order valence-electron chi connectivity index (χ4n) is 2.19. The van der Waals surface area contributed by atoms with Gasteiger partial charge < -0.3 is 20.1 Å². The third-order valence-corrected chi connectivity index (χ3v) is 3.34. The minimum Gasteiger partial charge on any atom is -0.478 e. The van der Waals surface area contributed by atoms with Crippen LogP contribution in [0.3, 0.4) is 0 Å². The van der Waals surface area contributed by atoms with Crippen LogP contribution in [0.1, 0.15) is 24.2 Å². The molecule has 114 valence electrons. The molecule has 0 aliphatic carbocycles. The maximum Gasteiger partial charge on any atom is 0.338 e. The van der Waals surface area contributed by atoms with E-state index in [4.69, 9.17) is 9.84 Å². The topological polar surface area (TPSA) is 78.9 Å². The highest BCUT2D eigenvalue weighted by molar-refractivity contribution is 5.92. The van der Waals surface area contributed by atoms with Crippen LogP contribution in [0.5, 0.6) is 0 Å². The zero-order valence-electron chi connectivity index (χ0n) is 11.9. The fourth-order valence-corrected chi connectivity index (χ4v) is 2.19. The first kappa shape index (κ1) is 15.2. The lowest BCUT2D eigenvalue weighted by Crippen LogP contribution is -2.56. The molecular formula is C14H17FN2O4. The van der Waals surface area contributed by atoms with Crippen LogP contribution >= 0.6 is 0 Å². The molecule has 1 aliphatic heterocycles. The zero-order valence-corrected chi connectivity index (χ0v) is 11.9. The van der Waals surface area contributed by atoms with E-state index in [1.807, 2.05) is 13.8 Å². The van der Waals surface area contributed by atoms with E-state index >= 15 is 0 Å². The van der Waals surface area contributed by atoms with Crippen LogP contribution in [0, 0.1) is 5.82 Å². The van der Waals surface area contributed by atoms with Gasteiger partial charge in [0.2, 0.25) is 0 Å². The normalized spacial score (nSPS) is 17.4. The quantitative estimate of drug-likeness (QED) is 0.876. The monoisotopic (exact) mass is 296 g/mol. The number of ether oxygens (including phenoxy) is 1. The number of morpholine rings is 1. The third kappa shape index (κ3) is 3.30. The highest BCUT2D eigenvalue weighted by Crippen LogP contribution is 2.21. The minimum absolute atomic E-state index is 0.213. The van der Waals surface area contributed by atoms with Crippen LogP contribution < -0.4 is 5.32 Å². The second kappa shape index (κ2) is 5.69. The van der Waals surface area contributed by atoms with Gasteiger partial charge in [-0.05, 0) is 32.0 Å². The smallest absolute Gasteiger partial charge is 0.338 e. The predicted molar refractivity (Wildman–Crippen MR) is 74.0 cm³/mol. The van der Waals surface area contributed by atoms with Crippen LogP contribution in [-0.4, -0.2) is 47.3 Å². The molecule has 0 radical (unpaired) electrons. The number of aromatic carboxylic acids is 1. The van der Waals surface area contributed by atoms with Crippen molar-refractivity contribution in [1.29, 1.82) is 0 Å². The van der Waals surface area contributed by atoms with Gasteiger partial charge in [0, 0.05) is 12.2 Å². The Hall–Kier alpha value is -2.15. The lowest BCUT2D eigenvalue weighted by Gasteiger charge is -2.41. The summed E-state index contributed by atoms with van der Waals surface area (Å²) in [5.41, 5.74) is -0.675. The molecule has 2 N–H and O–H groups in total. The van der Waals surface area contributed by atoms with Crippen molar-refractivity contribution in [3.05, 3.63) is 29.6 Å². The second-order valence-corrected chi connectivity index (χ2v) is 5.45. The van der Waals surface area contributed by atoms with E-state index in [0.717, 1.165) is 12.1 Å². The largest absolute Gasteiger partial charge is 0.478 e. The summed E-state index contributed by atoms with van der Waals surface area (Å²) in [5.74, 6) is -2.23. The molecule has 1 fully saturated rings. The first-order valence-corrected chi connectivity index (χ1v) is 6.50. The van der Waals surface area contributed by atoms with Crippen molar-refractivity contribution in [2.75, 3.05) is 25.1 Å². The lowest BCUT2D eigenvalue weighted by atomic mass is 10.0. The zero-order chi connectivity index (χ0) is 15.6. The molecule has 2 rings (SSSR count). The molecule has 0 saturated carbocycles. The second-order valence-electron chi connectivity index (χ2n) is 5.45. The average Bonchev–Trinajstić information content (AvgIpc) is 2.37. The van der Waals surface area contributed by atoms with Gasteiger partial charge in [-0.1, -0.05) is 0 Å². The minimum atomic E-state index is -1.35. The molecular weight excluding hydrogens is 279 g/mol. The van der Waals surface area contributed by atoms with E-state index < -0.39 is 22.9 Å². The van der Waals surface area contributed by atoms with E-state index in [2.05, 4.69) is 5.32 Å². The summed E-state index contributed by atoms with van der Waals surface area (Å²) in [4.78, 5) is 24.6. The first-order valence-electron chi connectivity index (χ1n) is 6.50. The molecule has 0 aromatic heterocycles. The molecule has 6 nitrogen and oxygen atoms in total. The van der Waals surface area contributed by atoms with E-state index in [1.54, 1.807) is 4.90 Å². The highest BCUT2D eigenvalue weighted by atomic mass is 19.1. The summed E-state index contributed by atoms with van der Waals surface area (Å²) in [6.07, 6.45) is 0. The first-order chi connectivity index (χ1) is 9.81. The van der Waals surface area contributed by atoms with E-state index in [1.165, 1.54) is 6.07 Å². The van der Waals surface area contributed by atoms with Gasteiger partial charge in [-0.15, -0.1) is 0 Å². The number of carbonyl (C=O) groups excluding carboxylic acids is 1. The number of carboxylic acids is 1. The maximum atomic E-state index is 13.6. The number of hydrogen-bond acceptors (Lipinski definition) is 3. The maximum absolute atomic E-state index is 13.6. The molecule has 0 unspecified atom stereocenters. The fraction of sp³-hybridized carbons (Fsp3) is 0.429. The molecule has 0 atom stereocenters. The summed E-state index contributed by atoms with van der Waals surface area (Å²) in [6.45, 7) is 5.06. The predicted octanol–water partition coefficient (Wildman–Crippen LogP) is 2.17. The summed E-state index contributed by atoms with van der Waals surface area (Å²) in [7, 11) is 0. The molecule has 7 heteroatoms. The number of hydrogen-bond donors (Lipinski definition) is 2. The van der Waals surface area contributed by atoms with Gasteiger partial charge in [-0.2, -0.15) is 0 Å². The van der Waals surface area contributed by atoms with Crippen molar-refractivity contribution < 1.29 is 23.8 Å².